The molecule has 0 unspecified atom stereocenters. The van der Waals surface area contributed by atoms with Crippen LogP contribution in [0.1, 0.15) is 29.4 Å². The summed E-state index contributed by atoms with van der Waals surface area (Å²) >= 11 is 0. The van der Waals surface area contributed by atoms with E-state index in [4.69, 9.17) is 14.6 Å². The lowest BCUT2D eigenvalue weighted by Crippen LogP contribution is -2.35. The van der Waals surface area contributed by atoms with Crippen LogP contribution < -0.4 is 14.8 Å². The van der Waals surface area contributed by atoms with Crippen molar-refractivity contribution in [1.29, 1.82) is 0 Å². The summed E-state index contributed by atoms with van der Waals surface area (Å²) < 4.78 is 12.6. The summed E-state index contributed by atoms with van der Waals surface area (Å²) in [5, 5.41) is 8.07. The number of benzene rings is 3. The molecule has 5 rings (SSSR count). The number of anilines is 1. The number of methoxy groups -OCH3 is 2. The fourth-order valence-electron chi connectivity index (χ4n) is 4.96. The van der Waals surface area contributed by atoms with Crippen LogP contribution in [0.5, 0.6) is 11.5 Å². The number of nitrogens with zero attached hydrogens (tertiary/aromatic N) is 4. The SMILES string of the molecule is CCN(Cc1nn(-c2ccccc2)c2c1CN(Cc1ccc(OC)cc1)CC2)C(=O)Nc1ccc(OC)cc1. The Morgan fingerprint density at radius 1 is 0.949 bits per heavy atom. The summed E-state index contributed by atoms with van der Waals surface area (Å²) in [6.07, 6.45) is 0.886. The third-order valence-corrected chi connectivity index (χ3v) is 7.14. The minimum atomic E-state index is -0.156. The maximum Gasteiger partial charge on any atom is 0.322 e. The van der Waals surface area contributed by atoms with Crippen LogP contribution in [-0.4, -0.2) is 52.9 Å². The third-order valence-electron chi connectivity index (χ3n) is 7.14. The Morgan fingerprint density at radius 3 is 2.26 bits per heavy atom. The smallest absolute Gasteiger partial charge is 0.322 e. The molecular formula is C31H35N5O3. The van der Waals surface area contributed by atoms with Gasteiger partial charge in [0.25, 0.3) is 0 Å². The molecule has 0 radical (unpaired) electrons. The summed E-state index contributed by atoms with van der Waals surface area (Å²) in [5.74, 6) is 1.61. The van der Waals surface area contributed by atoms with E-state index < -0.39 is 0 Å². The molecule has 202 valence electrons. The minimum absolute atomic E-state index is 0.156. The standard InChI is InChI=1S/C31H35N5O3/c1-4-35(31(37)32-24-12-16-27(39-3)17-13-24)22-29-28-21-34(20-23-10-14-26(38-2)15-11-23)19-18-30(28)36(33-29)25-8-6-5-7-9-25/h5-17H,4,18-22H2,1-3H3,(H,32,37). The number of hydrogen-bond donors (Lipinski definition) is 1. The van der Waals surface area contributed by atoms with Crippen LogP contribution in [0.4, 0.5) is 10.5 Å². The van der Waals surface area contributed by atoms with Crippen molar-refractivity contribution in [1.82, 2.24) is 19.6 Å². The van der Waals surface area contributed by atoms with Crippen LogP contribution in [0.25, 0.3) is 5.69 Å². The zero-order valence-electron chi connectivity index (χ0n) is 22.8. The number of hydrogen-bond acceptors (Lipinski definition) is 5. The molecule has 3 aromatic carbocycles. The normalized spacial score (nSPS) is 13.0. The Morgan fingerprint density at radius 2 is 1.62 bits per heavy atom. The van der Waals surface area contributed by atoms with Crippen LogP contribution in [0.3, 0.4) is 0 Å². The number of fused-ring (bicyclic) bond motifs is 1. The number of urea groups is 1. The van der Waals surface area contributed by atoms with Gasteiger partial charge in [0.05, 0.1) is 37.8 Å². The Hall–Kier alpha value is -4.30. The molecule has 0 aliphatic carbocycles. The van der Waals surface area contributed by atoms with Gasteiger partial charge in [-0.05, 0) is 61.0 Å². The molecule has 1 aromatic heterocycles. The molecule has 2 heterocycles. The molecule has 1 aliphatic heterocycles. The van der Waals surface area contributed by atoms with Gasteiger partial charge in [0.15, 0.2) is 0 Å². The molecule has 1 N–H and O–H groups in total. The van der Waals surface area contributed by atoms with E-state index in [0.29, 0.717) is 13.1 Å². The van der Waals surface area contributed by atoms with Crippen molar-refractivity contribution in [2.75, 3.05) is 32.6 Å². The van der Waals surface area contributed by atoms with Crippen LogP contribution >= 0.6 is 0 Å². The van der Waals surface area contributed by atoms with E-state index in [2.05, 4.69) is 39.2 Å². The second kappa shape index (κ2) is 12.0. The van der Waals surface area contributed by atoms with Crippen molar-refractivity contribution < 1.29 is 14.3 Å². The Labute approximate surface area is 229 Å². The van der Waals surface area contributed by atoms with Crippen molar-refractivity contribution in [3.8, 4) is 17.2 Å². The van der Waals surface area contributed by atoms with Crippen LogP contribution in [0, 0.1) is 0 Å². The van der Waals surface area contributed by atoms with Gasteiger partial charge in [0.2, 0.25) is 0 Å². The van der Waals surface area contributed by atoms with Gasteiger partial charge in [-0.25, -0.2) is 9.48 Å². The molecule has 0 saturated heterocycles. The number of para-hydroxylation sites is 1. The van der Waals surface area contributed by atoms with Crippen LogP contribution in [0.2, 0.25) is 0 Å². The lowest BCUT2D eigenvalue weighted by molar-refractivity contribution is 0.210. The number of ether oxygens (including phenoxy) is 2. The number of amides is 2. The maximum atomic E-state index is 13.2. The molecule has 0 atom stereocenters. The van der Waals surface area contributed by atoms with Crippen molar-refractivity contribution in [2.24, 2.45) is 0 Å². The number of carbonyl (C=O) groups excluding carboxylic acids is 1. The van der Waals surface area contributed by atoms with E-state index in [-0.39, 0.29) is 6.03 Å². The van der Waals surface area contributed by atoms with Crippen LogP contribution in [0.15, 0.2) is 78.9 Å². The monoisotopic (exact) mass is 525 g/mol. The van der Waals surface area contributed by atoms with E-state index in [0.717, 1.165) is 54.6 Å². The van der Waals surface area contributed by atoms with Gasteiger partial charge in [-0.15, -0.1) is 0 Å². The number of rotatable bonds is 9. The molecule has 4 aromatic rings. The fraction of sp³-hybridized carbons (Fsp3) is 0.290. The quantitative estimate of drug-likeness (QED) is 0.312. The highest BCUT2D eigenvalue weighted by Crippen LogP contribution is 2.28. The molecule has 0 saturated carbocycles. The largest absolute Gasteiger partial charge is 0.497 e. The molecule has 1 aliphatic rings. The lowest BCUT2D eigenvalue weighted by Gasteiger charge is -2.28. The van der Waals surface area contributed by atoms with Gasteiger partial charge in [-0.3, -0.25) is 4.90 Å². The molecule has 8 heteroatoms. The van der Waals surface area contributed by atoms with E-state index in [1.807, 2.05) is 61.5 Å². The van der Waals surface area contributed by atoms with Gasteiger partial charge >= 0.3 is 6.03 Å². The fourth-order valence-corrected chi connectivity index (χ4v) is 4.96. The number of aromatic nitrogens is 2. The summed E-state index contributed by atoms with van der Waals surface area (Å²) in [5.41, 5.74) is 6.35. The first-order valence-electron chi connectivity index (χ1n) is 13.3. The number of carbonyl (C=O) groups is 1. The Kier molecular flexibility index (Phi) is 8.13. The highest BCUT2D eigenvalue weighted by molar-refractivity contribution is 5.89. The Balaban J connectivity index is 1.38. The van der Waals surface area contributed by atoms with Crippen LogP contribution in [-0.2, 0) is 26.1 Å². The second-order valence-corrected chi connectivity index (χ2v) is 9.60. The molecule has 39 heavy (non-hydrogen) atoms. The first-order chi connectivity index (χ1) is 19.1. The zero-order chi connectivity index (χ0) is 27.2. The molecule has 8 nitrogen and oxygen atoms in total. The average Bonchev–Trinajstić information content (AvgIpc) is 3.34. The number of nitrogens with one attached hydrogen (secondary N) is 1. The van der Waals surface area contributed by atoms with Crippen molar-refractivity contribution in [3.05, 3.63) is 101 Å². The highest BCUT2D eigenvalue weighted by atomic mass is 16.5. The van der Waals surface area contributed by atoms with E-state index >= 15 is 0 Å². The molecule has 2 amide bonds. The topological polar surface area (TPSA) is 71.9 Å². The summed E-state index contributed by atoms with van der Waals surface area (Å²) in [6.45, 7) is 5.54. The van der Waals surface area contributed by atoms with Gasteiger partial charge in [0.1, 0.15) is 11.5 Å². The summed E-state index contributed by atoms with van der Waals surface area (Å²) in [6, 6.07) is 25.7. The summed E-state index contributed by atoms with van der Waals surface area (Å²) in [4.78, 5) is 17.5. The van der Waals surface area contributed by atoms with E-state index in [1.54, 1.807) is 19.1 Å². The van der Waals surface area contributed by atoms with Gasteiger partial charge in [0, 0.05) is 43.9 Å². The average molecular weight is 526 g/mol. The van der Waals surface area contributed by atoms with Gasteiger partial charge < -0.3 is 19.7 Å². The van der Waals surface area contributed by atoms with Crippen molar-refractivity contribution >= 4 is 11.7 Å². The van der Waals surface area contributed by atoms with Gasteiger partial charge in [-0.2, -0.15) is 5.10 Å². The predicted molar refractivity (Wildman–Crippen MR) is 152 cm³/mol. The third kappa shape index (κ3) is 6.07. The first kappa shape index (κ1) is 26.3. The van der Waals surface area contributed by atoms with Gasteiger partial charge in [-0.1, -0.05) is 30.3 Å². The first-order valence-corrected chi connectivity index (χ1v) is 13.3. The molecule has 0 bridgehead atoms. The molecule has 0 fully saturated rings. The lowest BCUT2D eigenvalue weighted by atomic mass is 10.0. The minimum Gasteiger partial charge on any atom is -0.497 e. The maximum absolute atomic E-state index is 13.2. The molecular weight excluding hydrogens is 490 g/mol. The highest BCUT2D eigenvalue weighted by Gasteiger charge is 2.27. The van der Waals surface area contributed by atoms with Crippen molar-refractivity contribution in [3.63, 3.8) is 0 Å². The van der Waals surface area contributed by atoms with E-state index in [1.165, 1.54) is 16.8 Å². The summed E-state index contributed by atoms with van der Waals surface area (Å²) in [7, 11) is 3.31. The predicted octanol–water partition coefficient (Wildman–Crippen LogP) is 5.50. The second-order valence-electron chi connectivity index (χ2n) is 9.60. The van der Waals surface area contributed by atoms with E-state index in [9.17, 15) is 4.79 Å². The zero-order valence-corrected chi connectivity index (χ0v) is 22.8. The Bertz CT molecular complexity index is 1380. The van der Waals surface area contributed by atoms with Crippen molar-refractivity contribution in [2.45, 2.75) is 33.0 Å². The molecule has 0 spiro atoms.